The first-order valence-electron chi connectivity index (χ1n) is 6.65. The molecule has 0 aromatic heterocycles. The van der Waals surface area contributed by atoms with E-state index in [0.717, 1.165) is 38.5 Å². The summed E-state index contributed by atoms with van der Waals surface area (Å²) in [4.78, 5) is 21.5. The maximum absolute atomic E-state index is 10.7. The Morgan fingerprint density at radius 3 is 1.94 bits per heavy atom. The molecule has 6 heteroatoms. The molecule has 0 aromatic rings. The molecule has 112 valence electrons. The number of phosphoric ester groups is 1. The average molecular weight is 323 g/mol. The van der Waals surface area contributed by atoms with Gasteiger partial charge < -0.3 is 18.9 Å². The molecule has 0 aliphatic heterocycles. The Hall–Kier alpha value is 0.604. The molecule has 0 bridgehead atoms. The molecule has 4 nitrogen and oxygen atoms in total. The second-order valence-electron chi connectivity index (χ2n) is 4.54. The van der Waals surface area contributed by atoms with Crippen molar-refractivity contribution in [2.75, 3.05) is 0 Å². The fraction of sp³-hybridized carbons (Fsp3) is 1.00. The van der Waals surface area contributed by atoms with Crippen molar-refractivity contribution in [2.45, 2.75) is 71.8 Å². The van der Waals surface area contributed by atoms with Gasteiger partial charge in [-0.05, 0) is 18.8 Å². The van der Waals surface area contributed by atoms with Gasteiger partial charge in [0.1, 0.15) is 0 Å². The van der Waals surface area contributed by atoms with Crippen molar-refractivity contribution in [1.29, 1.82) is 0 Å². The minimum atomic E-state index is -4.86. The van der Waals surface area contributed by atoms with E-state index in [9.17, 15) is 14.4 Å². The Balaban J connectivity index is 0. The van der Waals surface area contributed by atoms with Gasteiger partial charge in [0.15, 0.2) is 0 Å². The van der Waals surface area contributed by atoms with Crippen LogP contribution in [-0.4, -0.2) is 6.10 Å². The van der Waals surface area contributed by atoms with Gasteiger partial charge in [0.2, 0.25) is 0 Å². The number of rotatable bonds is 10. The van der Waals surface area contributed by atoms with E-state index in [-0.39, 0.29) is 22.4 Å². The monoisotopic (exact) mass is 322 g/mol. The van der Waals surface area contributed by atoms with Crippen molar-refractivity contribution in [1.82, 2.24) is 0 Å². The van der Waals surface area contributed by atoms with Crippen molar-refractivity contribution in [3.63, 3.8) is 0 Å². The third kappa shape index (κ3) is 10.5. The zero-order chi connectivity index (χ0) is 13.3. The maximum atomic E-state index is 10.7. The van der Waals surface area contributed by atoms with Crippen molar-refractivity contribution in [3.05, 3.63) is 0 Å². The third-order valence-electron chi connectivity index (χ3n) is 3.09. The first kappa shape index (κ1) is 20.9. The van der Waals surface area contributed by atoms with Crippen LogP contribution in [-0.2, 0) is 25.6 Å². The van der Waals surface area contributed by atoms with Gasteiger partial charge in [0.05, 0.1) is 13.9 Å². The van der Waals surface area contributed by atoms with Gasteiger partial charge >= 0.3 is 16.5 Å². The molecule has 0 aromatic carbocycles. The van der Waals surface area contributed by atoms with Crippen LogP contribution in [0.5, 0.6) is 0 Å². The van der Waals surface area contributed by atoms with Crippen molar-refractivity contribution in [3.8, 4) is 0 Å². The average Bonchev–Trinajstić information content (AvgIpc) is 2.24. The van der Waals surface area contributed by atoms with E-state index in [1.165, 1.54) is 0 Å². The van der Waals surface area contributed by atoms with E-state index in [4.69, 9.17) is 4.52 Å². The van der Waals surface area contributed by atoms with Crippen molar-refractivity contribution >= 4 is 7.82 Å². The van der Waals surface area contributed by atoms with Gasteiger partial charge in [-0.3, -0.25) is 0 Å². The number of phosphoric acid groups is 1. The molecule has 0 amide bonds. The predicted molar refractivity (Wildman–Crippen MR) is 65.3 cm³/mol. The quantitative estimate of drug-likeness (QED) is 0.458. The van der Waals surface area contributed by atoms with Gasteiger partial charge in [-0.25, -0.2) is 0 Å². The molecular formula is C12H25NiO4P. The summed E-state index contributed by atoms with van der Waals surface area (Å²) in [5, 5.41) is 0. The Morgan fingerprint density at radius 1 is 1.06 bits per heavy atom. The fourth-order valence-electron chi connectivity index (χ4n) is 2.06. The van der Waals surface area contributed by atoms with Crippen LogP contribution in [0.25, 0.3) is 0 Å². The minimum absolute atomic E-state index is 0. The molecule has 0 fully saturated rings. The van der Waals surface area contributed by atoms with Crippen LogP contribution in [0.4, 0.5) is 0 Å². The molecule has 18 heavy (non-hydrogen) atoms. The first-order chi connectivity index (χ1) is 7.94. The molecule has 0 aliphatic rings. The normalized spacial score (nSPS) is 14.9. The minimum Gasteiger partial charge on any atom is -0.790 e. The molecular weight excluding hydrogens is 298 g/mol. The summed E-state index contributed by atoms with van der Waals surface area (Å²) in [6, 6.07) is 0. The van der Waals surface area contributed by atoms with E-state index in [0.29, 0.717) is 6.42 Å². The molecule has 0 heterocycles. The molecule has 0 aliphatic carbocycles. The zero-order valence-corrected chi connectivity index (χ0v) is 13.4. The van der Waals surface area contributed by atoms with Gasteiger partial charge in [-0.2, -0.15) is 0 Å². The molecule has 0 radical (unpaired) electrons. The second-order valence-corrected chi connectivity index (χ2v) is 5.65. The summed E-state index contributed by atoms with van der Waals surface area (Å²) in [5.41, 5.74) is 0. The number of hydrogen-bond acceptors (Lipinski definition) is 4. The summed E-state index contributed by atoms with van der Waals surface area (Å²) in [6.45, 7) is 6.15. The molecule has 2 atom stereocenters. The van der Waals surface area contributed by atoms with E-state index >= 15 is 0 Å². The van der Waals surface area contributed by atoms with Gasteiger partial charge in [-0.1, -0.05) is 52.9 Å². The second kappa shape index (κ2) is 11.4. The van der Waals surface area contributed by atoms with Crippen LogP contribution < -0.4 is 9.79 Å². The van der Waals surface area contributed by atoms with Gasteiger partial charge in [0.25, 0.3) is 0 Å². The first-order valence-corrected chi connectivity index (χ1v) is 8.11. The third-order valence-corrected chi connectivity index (χ3v) is 3.61. The zero-order valence-electron chi connectivity index (χ0n) is 11.5. The number of unbranched alkanes of at least 4 members (excludes halogenated alkanes) is 2. The number of hydrogen-bond donors (Lipinski definition) is 0. The topological polar surface area (TPSA) is 72.4 Å². The van der Waals surface area contributed by atoms with E-state index in [1.807, 2.05) is 13.8 Å². The molecule has 0 rings (SSSR count). The van der Waals surface area contributed by atoms with Crippen molar-refractivity contribution in [2.24, 2.45) is 5.92 Å². The SMILES string of the molecule is CCCCC(CC)C(CCCC)OP(=O)([O-])[O-].[Ni+2]. The molecule has 0 spiro atoms. The smallest absolute Gasteiger partial charge is 0.790 e. The molecule has 0 saturated carbocycles. The Bertz CT molecular complexity index is 232. The van der Waals surface area contributed by atoms with Crippen LogP contribution in [0.2, 0.25) is 0 Å². The fourth-order valence-corrected chi connectivity index (χ4v) is 2.67. The van der Waals surface area contributed by atoms with Crippen LogP contribution in [0.3, 0.4) is 0 Å². The summed E-state index contributed by atoms with van der Waals surface area (Å²) < 4.78 is 15.5. The standard InChI is InChI=1S/C12H27O4P.Ni/c1-4-7-9-11(6-3)12(10-8-5-2)16-17(13,14)15;/h11-12H,4-10H2,1-3H3,(H2,13,14,15);/q;+2/p-2. The summed E-state index contributed by atoms with van der Waals surface area (Å²) in [7, 11) is -4.86. The Labute approximate surface area is 121 Å². The Kier molecular flexibility index (Phi) is 13.3. The summed E-state index contributed by atoms with van der Waals surface area (Å²) in [5.74, 6) is 0.178. The van der Waals surface area contributed by atoms with Gasteiger partial charge in [0, 0.05) is 0 Å². The van der Waals surface area contributed by atoms with E-state index < -0.39 is 13.9 Å². The molecule has 2 unspecified atom stereocenters. The van der Waals surface area contributed by atoms with Gasteiger partial charge in [-0.15, -0.1) is 0 Å². The van der Waals surface area contributed by atoms with E-state index in [2.05, 4.69) is 6.92 Å². The largest absolute Gasteiger partial charge is 2.00 e. The molecule has 0 saturated heterocycles. The van der Waals surface area contributed by atoms with Crippen LogP contribution in [0.15, 0.2) is 0 Å². The Morgan fingerprint density at radius 2 is 1.56 bits per heavy atom. The molecule has 0 N–H and O–H groups in total. The van der Waals surface area contributed by atoms with Crippen molar-refractivity contribution < 1.29 is 35.4 Å². The maximum Gasteiger partial charge on any atom is 2.00 e. The van der Waals surface area contributed by atoms with Crippen LogP contribution >= 0.6 is 7.82 Å². The van der Waals surface area contributed by atoms with Crippen LogP contribution in [0.1, 0.15) is 65.7 Å². The summed E-state index contributed by atoms with van der Waals surface area (Å²) >= 11 is 0. The van der Waals surface area contributed by atoms with E-state index in [1.54, 1.807) is 0 Å². The van der Waals surface area contributed by atoms with Crippen LogP contribution in [0, 0.1) is 5.92 Å². The summed E-state index contributed by atoms with van der Waals surface area (Å²) in [6.07, 6.45) is 6.02. The predicted octanol–water partition coefficient (Wildman–Crippen LogP) is 2.60.